The second-order valence-corrected chi connectivity index (χ2v) is 4.51. The van der Waals surface area contributed by atoms with Crippen LogP contribution in [-0.2, 0) is 7.05 Å². The van der Waals surface area contributed by atoms with E-state index in [1.54, 1.807) is 6.92 Å². The maximum Gasteiger partial charge on any atom is 0.109 e. The zero-order valence-electron chi connectivity index (χ0n) is 9.31. The molecule has 3 nitrogen and oxygen atoms in total. The number of aliphatic hydroxyl groups excluding tert-OH is 1. The van der Waals surface area contributed by atoms with Gasteiger partial charge in [-0.2, -0.15) is 0 Å². The fraction of sp³-hybridized carbons (Fsp3) is 0.333. The molecule has 3 N–H and O–H groups in total. The molecule has 0 radical (unpaired) electrons. The van der Waals surface area contributed by atoms with Crippen molar-refractivity contribution in [3.63, 3.8) is 0 Å². The molecule has 0 saturated carbocycles. The predicted octanol–water partition coefficient (Wildman–Crippen LogP) is 2.21. The van der Waals surface area contributed by atoms with E-state index in [-0.39, 0.29) is 6.04 Å². The summed E-state index contributed by atoms with van der Waals surface area (Å²) in [5.41, 5.74) is 7.49. The molecule has 0 aliphatic rings. The van der Waals surface area contributed by atoms with Gasteiger partial charge >= 0.3 is 0 Å². The van der Waals surface area contributed by atoms with Crippen molar-refractivity contribution in [3.05, 3.63) is 35.0 Å². The van der Waals surface area contributed by atoms with E-state index in [1.165, 1.54) is 0 Å². The number of fused-ring (bicyclic) bond motifs is 1. The number of aliphatic hydroxyl groups is 1. The lowest BCUT2D eigenvalue weighted by Gasteiger charge is -2.15. The summed E-state index contributed by atoms with van der Waals surface area (Å²) in [6, 6.07) is 7.30. The van der Waals surface area contributed by atoms with Gasteiger partial charge in [0.05, 0.1) is 0 Å². The van der Waals surface area contributed by atoms with Gasteiger partial charge in [-0.15, -0.1) is 0 Å². The van der Waals surface area contributed by atoms with Crippen molar-refractivity contribution in [1.29, 1.82) is 0 Å². The minimum atomic E-state index is -0.673. The molecular weight excluding hydrogens is 224 g/mol. The van der Waals surface area contributed by atoms with E-state index >= 15 is 0 Å². The Bertz CT molecular complexity index is 519. The highest BCUT2D eigenvalue weighted by Gasteiger charge is 2.18. The smallest absolute Gasteiger partial charge is 0.109 e. The van der Waals surface area contributed by atoms with Crippen LogP contribution in [0, 0.1) is 0 Å². The Morgan fingerprint density at radius 3 is 2.69 bits per heavy atom. The van der Waals surface area contributed by atoms with Gasteiger partial charge in [0.25, 0.3) is 0 Å². The van der Waals surface area contributed by atoms with Crippen molar-refractivity contribution < 1.29 is 5.11 Å². The van der Waals surface area contributed by atoms with Crippen LogP contribution in [0.1, 0.15) is 18.7 Å². The van der Waals surface area contributed by atoms with Crippen LogP contribution < -0.4 is 5.73 Å². The standard InChI is InChI=1S/C12H15ClN2O/c1-7(14)12(16)11-6-8-9(13)4-3-5-10(8)15(11)2/h3-7,12,16H,14H2,1-2H3. The SMILES string of the molecule is CC(N)C(O)c1cc2c(Cl)cccc2n1C. The molecule has 1 aromatic heterocycles. The number of aryl methyl sites for hydroxylation is 1. The van der Waals surface area contributed by atoms with Gasteiger partial charge in [-0.25, -0.2) is 0 Å². The summed E-state index contributed by atoms with van der Waals surface area (Å²) in [5.74, 6) is 0. The molecule has 2 aromatic rings. The average Bonchev–Trinajstić information content (AvgIpc) is 2.57. The van der Waals surface area contributed by atoms with Gasteiger partial charge in [-0.05, 0) is 25.1 Å². The van der Waals surface area contributed by atoms with Gasteiger partial charge < -0.3 is 15.4 Å². The number of rotatable bonds is 2. The number of halogens is 1. The third-order valence-electron chi connectivity index (χ3n) is 2.87. The summed E-state index contributed by atoms with van der Waals surface area (Å²) in [6.45, 7) is 1.78. The molecule has 1 heterocycles. The number of hydrogen-bond acceptors (Lipinski definition) is 2. The van der Waals surface area contributed by atoms with Crippen LogP contribution in [0.15, 0.2) is 24.3 Å². The van der Waals surface area contributed by atoms with E-state index in [2.05, 4.69) is 0 Å². The first-order valence-electron chi connectivity index (χ1n) is 5.20. The van der Waals surface area contributed by atoms with E-state index < -0.39 is 6.10 Å². The van der Waals surface area contributed by atoms with E-state index in [4.69, 9.17) is 17.3 Å². The normalized spacial score (nSPS) is 15.3. The zero-order valence-corrected chi connectivity index (χ0v) is 10.1. The first-order valence-corrected chi connectivity index (χ1v) is 5.57. The molecule has 1 aromatic carbocycles. The summed E-state index contributed by atoms with van der Waals surface area (Å²) >= 11 is 6.10. The van der Waals surface area contributed by atoms with Crippen LogP contribution in [0.2, 0.25) is 5.02 Å². The molecule has 0 spiro atoms. The Balaban J connectivity index is 2.65. The van der Waals surface area contributed by atoms with Gasteiger partial charge in [0.2, 0.25) is 0 Å². The highest BCUT2D eigenvalue weighted by Crippen LogP contribution is 2.29. The van der Waals surface area contributed by atoms with Gasteiger partial charge in [0.15, 0.2) is 0 Å². The van der Waals surface area contributed by atoms with E-state index in [0.717, 1.165) is 16.6 Å². The zero-order chi connectivity index (χ0) is 11.9. The molecule has 4 heteroatoms. The molecule has 0 bridgehead atoms. The molecule has 0 aliphatic heterocycles. The molecule has 86 valence electrons. The third kappa shape index (κ3) is 1.71. The second-order valence-electron chi connectivity index (χ2n) is 4.10. The average molecular weight is 239 g/mol. The molecule has 0 saturated heterocycles. The second kappa shape index (κ2) is 4.09. The maximum absolute atomic E-state index is 9.98. The number of hydrogen-bond donors (Lipinski definition) is 2. The first kappa shape index (κ1) is 11.5. The molecule has 2 rings (SSSR count). The Labute approximate surface area is 99.4 Å². The van der Waals surface area contributed by atoms with Crippen LogP contribution in [-0.4, -0.2) is 15.7 Å². The topological polar surface area (TPSA) is 51.2 Å². The summed E-state index contributed by atoms with van der Waals surface area (Å²) in [6.07, 6.45) is -0.673. The van der Waals surface area contributed by atoms with Crippen molar-refractivity contribution in [1.82, 2.24) is 4.57 Å². The minimum absolute atomic E-state index is 0.304. The predicted molar refractivity (Wildman–Crippen MR) is 66.5 cm³/mol. The van der Waals surface area contributed by atoms with Crippen molar-refractivity contribution in [2.45, 2.75) is 19.1 Å². The van der Waals surface area contributed by atoms with Crippen LogP contribution in [0.25, 0.3) is 10.9 Å². The monoisotopic (exact) mass is 238 g/mol. The highest BCUT2D eigenvalue weighted by atomic mass is 35.5. The van der Waals surface area contributed by atoms with E-state index in [1.807, 2.05) is 35.9 Å². The van der Waals surface area contributed by atoms with Gasteiger partial charge in [-0.3, -0.25) is 0 Å². The van der Waals surface area contributed by atoms with Crippen molar-refractivity contribution >= 4 is 22.5 Å². The largest absolute Gasteiger partial charge is 0.385 e. The summed E-state index contributed by atoms with van der Waals surface area (Å²) in [7, 11) is 1.90. The summed E-state index contributed by atoms with van der Waals surface area (Å²) in [5, 5.41) is 11.6. The van der Waals surface area contributed by atoms with Crippen molar-refractivity contribution in [2.24, 2.45) is 12.8 Å². The maximum atomic E-state index is 9.98. The van der Waals surface area contributed by atoms with Gasteiger partial charge in [0, 0.05) is 34.7 Å². The molecule has 2 atom stereocenters. The Morgan fingerprint density at radius 2 is 2.12 bits per heavy atom. The molecule has 0 amide bonds. The van der Waals surface area contributed by atoms with Gasteiger partial charge in [-0.1, -0.05) is 17.7 Å². The fourth-order valence-electron chi connectivity index (χ4n) is 1.90. The molecule has 0 fully saturated rings. The third-order valence-corrected chi connectivity index (χ3v) is 3.20. The van der Waals surface area contributed by atoms with Crippen LogP contribution in [0.3, 0.4) is 0 Å². The molecule has 0 aliphatic carbocycles. The minimum Gasteiger partial charge on any atom is -0.385 e. The quantitative estimate of drug-likeness (QED) is 0.843. The molecule has 2 unspecified atom stereocenters. The lowest BCUT2D eigenvalue weighted by atomic mass is 10.1. The Hall–Kier alpha value is -1.03. The summed E-state index contributed by atoms with van der Waals surface area (Å²) < 4.78 is 1.93. The fourth-order valence-corrected chi connectivity index (χ4v) is 2.12. The van der Waals surface area contributed by atoms with Crippen molar-refractivity contribution in [2.75, 3.05) is 0 Å². The Kier molecular flexibility index (Phi) is 2.93. The van der Waals surface area contributed by atoms with Gasteiger partial charge in [0.1, 0.15) is 6.10 Å². The molecular formula is C12H15ClN2O. The number of benzene rings is 1. The highest BCUT2D eigenvalue weighted by molar-refractivity contribution is 6.35. The number of aromatic nitrogens is 1. The number of nitrogens with two attached hydrogens (primary N) is 1. The summed E-state index contributed by atoms with van der Waals surface area (Å²) in [4.78, 5) is 0. The van der Waals surface area contributed by atoms with Crippen LogP contribution in [0.5, 0.6) is 0 Å². The van der Waals surface area contributed by atoms with Crippen molar-refractivity contribution in [3.8, 4) is 0 Å². The van der Waals surface area contributed by atoms with Crippen LogP contribution in [0.4, 0.5) is 0 Å². The lowest BCUT2D eigenvalue weighted by Crippen LogP contribution is -2.25. The molecule has 16 heavy (non-hydrogen) atoms. The Morgan fingerprint density at radius 1 is 1.44 bits per heavy atom. The van der Waals surface area contributed by atoms with Crippen LogP contribution >= 0.6 is 11.6 Å². The van der Waals surface area contributed by atoms with E-state index in [9.17, 15) is 5.11 Å². The first-order chi connectivity index (χ1) is 7.52. The lowest BCUT2D eigenvalue weighted by molar-refractivity contribution is 0.146. The number of nitrogens with zero attached hydrogens (tertiary/aromatic N) is 1. The van der Waals surface area contributed by atoms with E-state index in [0.29, 0.717) is 5.02 Å².